The first-order chi connectivity index (χ1) is 32.8. The number of nitriles is 1. The number of rotatable bonds is 5. The molecule has 9 aromatic carbocycles. The summed E-state index contributed by atoms with van der Waals surface area (Å²) in [5.41, 5.74) is 15.6. The van der Waals surface area contributed by atoms with Crippen molar-refractivity contribution in [2.45, 2.75) is 0 Å². The lowest BCUT2D eigenvalue weighted by Crippen LogP contribution is -2.02. The van der Waals surface area contributed by atoms with Crippen LogP contribution in [0.1, 0.15) is 5.56 Å². The largest absolute Gasteiger partial charge is 0.309 e. The van der Waals surface area contributed by atoms with Crippen molar-refractivity contribution >= 4 is 87.2 Å². The Balaban J connectivity index is 1.08. The van der Waals surface area contributed by atoms with Crippen LogP contribution in [0.25, 0.3) is 121 Å². The zero-order valence-electron chi connectivity index (χ0n) is 35.5. The zero-order chi connectivity index (χ0) is 43.5. The van der Waals surface area contributed by atoms with Crippen LogP contribution in [0.4, 0.5) is 0 Å². The molecule has 0 atom stereocenters. The number of aromatic nitrogens is 5. The fraction of sp³-hybridized carbons (Fsp3) is 0. The van der Waals surface area contributed by atoms with Gasteiger partial charge in [-0.15, -0.1) is 0 Å². The van der Waals surface area contributed by atoms with Crippen LogP contribution in [0.5, 0.6) is 0 Å². The summed E-state index contributed by atoms with van der Waals surface area (Å²) in [6, 6.07) is 76.0. The van der Waals surface area contributed by atoms with Crippen LogP contribution in [-0.2, 0) is 0 Å². The van der Waals surface area contributed by atoms with Gasteiger partial charge in [0.15, 0.2) is 0 Å². The van der Waals surface area contributed by atoms with Gasteiger partial charge in [-0.25, -0.2) is 0 Å². The Kier molecular flexibility index (Phi) is 7.65. The summed E-state index contributed by atoms with van der Waals surface area (Å²) in [4.78, 5) is 4.83. The van der Waals surface area contributed by atoms with Gasteiger partial charge in [0.2, 0.25) is 0 Å². The van der Waals surface area contributed by atoms with Gasteiger partial charge in [0, 0.05) is 71.8 Å². The highest BCUT2D eigenvalue weighted by Gasteiger charge is 2.25. The summed E-state index contributed by atoms with van der Waals surface area (Å²) in [6.45, 7) is 0. The third kappa shape index (κ3) is 4.97. The molecule has 6 nitrogen and oxygen atoms in total. The highest BCUT2D eigenvalue weighted by atomic mass is 15.0. The molecule has 0 saturated heterocycles. The van der Waals surface area contributed by atoms with Crippen molar-refractivity contribution in [3.05, 3.63) is 224 Å². The van der Waals surface area contributed by atoms with Gasteiger partial charge in [-0.3, -0.25) is 4.98 Å². The topological polar surface area (TPSA) is 56.4 Å². The maximum Gasteiger partial charge on any atom is 0.0991 e. The lowest BCUT2D eigenvalue weighted by molar-refractivity contribution is 1.13. The second kappa shape index (κ2) is 13.9. The standard InChI is InChI=1S/C60H36N6/c61-36-38-27-30-53(65-51-25-13-9-21-46(51)57-54(65)31-28-44-41-19-7-11-23-49(41)63(59(44)57)39-15-3-1-4-16-39)48(35-38)43-33-34-62-37-56(43)66-52-26-14-10-22-47(52)58-55(66)32-29-45-42-20-8-12-24-50(42)64(60(45)58)40-17-5-2-6-18-40/h1-35,37H. The highest BCUT2D eigenvalue weighted by molar-refractivity contribution is 6.28. The van der Waals surface area contributed by atoms with Gasteiger partial charge in [-0.1, -0.05) is 121 Å². The lowest BCUT2D eigenvalue weighted by atomic mass is 10.00. The van der Waals surface area contributed by atoms with Crippen molar-refractivity contribution < 1.29 is 0 Å². The van der Waals surface area contributed by atoms with Gasteiger partial charge in [-0.2, -0.15) is 5.26 Å². The Morgan fingerprint density at radius 3 is 1.32 bits per heavy atom. The van der Waals surface area contributed by atoms with E-state index in [1.807, 2.05) is 24.5 Å². The van der Waals surface area contributed by atoms with Gasteiger partial charge < -0.3 is 18.3 Å². The molecule has 0 N–H and O–H groups in total. The quantitative estimate of drug-likeness (QED) is 0.173. The van der Waals surface area contributed by atoms with Crippen molar-refractivity contribution in [2.24, 2.45) is 0 Å². The predicted molar refractivity (Wildman–Crippen MR) is 272 cm³/mol. The van der Waals surface area contributed by atoms with Crippen molar-refractivity contribution in [3.63, 3.8) is 0 Å². The number of benzene rings is 9. The van der Waals surface area contributed by atoms with Crippen LogP contribution >= 0.6 is 0 Å². The molecule has 0 unspecified atom stereocenters. The molecule has 5 heterocycles. The van der Waals surface area contributed by atoms with E-state index in [-0.39, 0.29) is 0 Å². The van der Waals surface area contributed by atoms with Crippen LogP contribution in [0.2, 0.25) is 0 Å². The summed E-state index contributed by atoms with van der Waals surface area (Å²) in [7, 11) is 0. The predicted octanol–water partition coefficient (Wildman–Crippen LogP) is 15.0. The van der Waals surface area contributed by atoms with E-state index < -0.39 is 0 Å². The molecular weight excluding hydrogens is 805 g/mol. The Morgan fingerprint density at radius 1 is 0.348 bits per heavy atom. The average Bonchev–Trinajstić information content (AvgIpc) is 4.11. The summed E-state index contributed by atoms with van der Waals surface area (Å²) < 4.78 is 9.60. The Bertz CT molecular complexity index is 4350. The molecule has 0 aliphatic rings. The third-order valence-corrected chi connectivity index (χ3v) is 13.7. The molecule has 0 spiro atoms. The van der Waals surface area contributed by atoms with Crippen LogP contribution in [0.3, 0.4) is 0 Å². The second-order valence-corrected chi connectivity index (χ2v) is 17.0. The molecule has 0 amide bonds. The number of fused-ring (bicyclic) bond motifs is 14. The minimum Gasteiger partial charge on any atom is -0.309 e. The van der Waals surface area contributed by atoms with E-state index in [9.17, 15) is 5.26 Å². The van der Waals surface area contributed by atoms with Gasteiger partial charge in [-0.05, 0) is 84.9 Å². The first kappa shape index (κ1) is 36.3. The normalized spacial score (nSPS) is 11.9. The first-order valence-corrected chi connectivity index (χ1v) is 22.3. The van der Waals surface area contributed by atoms with E-state index >= 15 is 0 Å². The van der Waals surface area contributed by atoms with Crippen LogP contribution in [0.15, 0.2) is 219 Å². The molecule has 6 heteroatoms. The minimum absolute atomic E-state index is 0.584. The molecule has 0 radical (unpaired) electrons. The summed E-state index contributed by atoms with van der Waals surface area (Å²) in [5.74, 6) is 0. The first-order valence-electron chi connectivity index (χ1n) is 22.3. The molecule has 66 heavy (non-hydrogen) atoms. The van der Waals surface area contributed by atoms with E-state index in [2.05, 4.69) is 218 Å². The van der Waals surface area contributed by atoms with Crippen molar-refractivity contribution in [1.29, 1.82) is 5.26 Å². The Morgan fingerprint density at radius 2 is 0.803 bits per heavy atom. The molecule has 5 aromatic heterocycles. The summed E-state index contributed by atoms with van der Waals surface area (Å²) >= 11 is 0. The van der Waals surface area contributed by atoms with Gasteiger partial charge in [0.05, 0.1) is 73.3 Å². The van der Waals surface area contributed by atoms with E-state index in [1.165, 1.54) is 37.8 Å². The SMILES string of the molecule is N#Cc1ccc(-n2c3ccccc3c3c2ccc2c4ccccc4n(-c4ccccc4)c23)c(-c2ccncc2-n2c3ccccc3c3c2ccc2c4ccccc4n(-c4ccccc4)c23)c1. The summed E-state index contributed by atoms with van der Waals surface area (Å²) in [5, 5.41) is 20.0. The zero-order valence-corrected chi connectivity index (χ0v) is 35.5. The van der Waals surface area contributed by atoms with E-state index in [1.54, 1.807) is 0 Å². The molecule has 0 bridgehead atoms. The number of para-hydroxylation sites is 6. The van der Waals surface area contributed by atoms with Gasteiger partial charge >= 0.3 is 0 Å². The Hall–Kier alpha value is -9.18. The average molecular weight is 841 g/mol. The molecule has 0 fully saturated rings. The monoisotopic (exact) mass is 840 g/mol. The summed E-state index contributed by atoms with van der Waals surface area (Å²) in [6.07, 6.45) is 3.85. The van der Waals surface area contributed by atoms with Crippen molar-refractivity contribution in [2.75, 3.05) is 0 Å². The molecular formula is C60H36N6. The minimum atomic E-state index is 0.584. The van der Waals surface area contributed by atoms with Crippen LogP contribution < -0.4 is 0 Å². The molecule has 306 valence electrons. The van der Waals surface area contributed by atoms with Crippen molar-refractivity contribution in [3.8, 4) is 39.9 Å². The number of hydrogen-bond donors (Lipinski definition) is 0. The van der Waals surface area contributed by atoms with E-state index in [4.69, 9.17) is 4.98 Å². The van der Waals surface area contributed by atoms with Gasteiger partial charge in [0.1, 0.15) is 0 Å². The number of hydrogen-bond acceptors (Lipinski definition) is 2. The molecule has 14 rings (SSSR count). The fourth-order valence-electron chi connectivity index (χ4n) is 11.0. The van der Waals surface area contributed by atoms with E-state index in [0.717, 1.165) is 83.3 Å². The smallest absolute Gasteiger partial charge is 0.0991 e. The Labute approximate surface area is 378 Å². The van der Waals surface area contributed by atoms with Crippen LogP contribution in [0, 0.1) is 11.3 Å². The van der Waals surface area contributed by atoms with Crippen molar-refractivity contribution in [1.82, 2.24) is 23.3 Å². The number of nitrogens with zero attached hydrogens (tertiary/aromatic N) is 6. The maximum absolute atomic E-state index is 10.5. The molecule has 14 aromatic rings. The molecule has 0 saturated carbocycles. The maximum atomic E-state index is 10.5. The number of pyridine rings is 1. The fourth-order valence-corrected chi connectivity index (χ4v) is 11.0. The second-order valence-electron chi connectivity index (χ2n) is 17.0. The molecule has 0 aliphatic carbocycles. The molecule has 0 aliphatic heterocycles. The third-order valence-electron chi connectivity index (χ3n) is 13.7. The van der Waals surface area contributed by atoms with Crippen LogP contribution in [-0.4, -0.2) is 23.3 Å². The van der Waals surface area contributed by atoms with E-state index in [0.29, 0.717) is 5.56 Å². The van der Waals surface area contributed by atoms with Gasteiger partial charge in [0.25, 0.3) is 0 Å². The highest BCUT2D eigenvalue weighted by Crippen LogP contribution is 2.46. The lowest BCUT2D eigenvalue weighted by Gasteiger charge is -2.18.